The van der Waals surface area contributed by atoms with E-state index in [1.54, 1.807) is 11.6 Å². The van der Waals surface area contributed by atoms with Gasteiger partial charge in [0.15, 0.2) is 0 Å². The monoisotopic (exact) mass is 389 g/mol. The summed E-state index contributed by atoms with van der Waals surface area (Å²) >= 11 is 1.14. The minimum Gasteiger partial charge on any atom is -0.323 e. The van der Waals surface area contributed by atoms with E-state index in [-0.39, 0.29) is 5.69 Å². The van der Waals surface area contributed by atoms with Crippen molar-refractivity contribution < 1.29 is 13.6 Å². The van der Waals surface area contributed by atoms with Gasteiger partial charge < -0.3 is 5.32 Å². The average Bonchev–Trinajstić information content (AvgIpc) is 3.05. The molecule has 27 heavy (non-hydrogen) atoms. The number of para-hydroxylation sites is 1. The third-order valence-corrected chi connectivity index (χ3v) is 4.97. The van der Waals surface area contributed by atoms with Crippen molar-refractivity contribution in [1.82, 2.24) is 20.2 Å². The number of aryl methyl sites for hydroxylation is 2. The van der Waals surface area contributed by atoms with Crippen molar-refractivity contribution >= 4 is 23.4 Å². The van der Waals surface area contributed by atoms with Gasteiger partial charge in [-0.2, -0.15) is 4.68 Å². The number of carbonyl (C=O) groups excluding carboxylic acids is 1. The summed E-state index contributed by atoms with van der Waals surface area (Å²) in [5, 5.41) is 14.0. The van der Waals surface area contributed by atoms with E-state index in [0.717, 1.165) is 40.7 Å². The van der Waals surface area contributed by atoms with Gasteiger partial charge in [-0.3, -0.25) is 4.79 Å². The van der Waals surface area contributed by atoms with Gasteiger partial charge in [-0.1, -0.05) is 30.0 Å². The van der Waals surface area contributed by atoms with Crippen LogP contribution in [-0.2, 0) is 4.79 Å². The summed E-state index contributed by atoms with van der Waals surface area (Å²) in [4.78, 5) is 12.4. The smallest absolute Gasteiger partial charge is 0.237 e. The van der Waals surface area contributed by atoms with Gasteiger partial charge in [-0.05, 0) is 54.5 Å². The van der Waals surface area contributed by atoms with Gasteiger partial charge in [-0.15, -0.1) is 5.10 Å². The van der Waals surface area contributed by atoms with Gasteiger partial charge >= 0.3 is 0 Å². The molecular formula is C18H17F2N5OS. The third-order valence-electron chi connectivity index (χ3n) is 3.93. The van der Waals surface area contributed by atoms with Gasteiger partial charge in [-0.25, -0.2) is 8.78 Å². The van der Waals surface area contributed by atoms with Crippen molar-refractivity contribution in [1.29, 1.82) is 0 Å². The van der Waals surface area contributed by atoms with Gasteiger partial charge in [0.25, 0.3) is 0 Å². The number of halogens is 2. The molecular weight excluding hydrogens is 372 g/mol. The summed E-state index contributed by atoms with van der Waals surface area (Å²) in [6, 6.07) is 8.82. The van der Waals surface area contributed by atoms with Crippen molar-refractivity contribution in [2.75, 3.05) is 5.32 Å². The number of hydrogen-bond donors (Lipinski definition) is 1. The molecule has 140 valence electrons. The molecule has 0 spiro atoms. The van der Waals surface area contributed by atoms with Crippen LogP contribution in [0, 0.1) is 25.5 Å². The molecule has 9 heteroatoms. The maximum atomic E-state index is 13.7. The van der Waals surface area contributed by atoms with E-state index in [0.29, 0.717) is 5.16 Å². The standard InChI is InChI=1S/C18H17F2N5OS/c1-10-5-4-6-11(2)16(10)25-18(22-23-24-25)27-12(3)17(26)21-15-8-7-13(19)9-14(15)20/h4-9,12H,1-3H3,(H,21,26). The first kappa shape index (κ1) is 19.0. The first-order chi connectivity index (χ1) is 12.9. The van der Waals surface area contributed by atoms with Crippen molar-refractivity contribution in [2.45, 2.75) is 31.2 Å². The number of nitrogens with one attached hydrogen (secondary N) is 1. The molecule has 1 N–H and O–H groups in total. The Morgan fingerprint density at radius 1 is 1.19 bits per heavy atom. The fraction of sp³-hybridized carbons (Fsp3) is 0.222. The average molecular weight is 389 g/mol. The zero-order valence-corrected chi connectivity index (χ0v) is 15.7. The number of benzene rings is 2. The Morgan fingerprint density at radius 3 is 2.56 bits per heavy atom. The van der Waals surface area contributed by atoms with Crippen molar-refractivity contribution in [2.24, 2.45) is 0 Å². The Labute approximate surface area is 159 Å². The Bertz CT molecular complexity index is 971. The van der Waals surface area contributed by atoms with Crippen molar-refractivity contribution in [3.05, 3.63) is 59.2 Å². The summed E-state index contributed by atoms with van der Waals surface area (Å²) < 4.78 is 28.3. The minimum atomic E-state index is -0.832. The van der Waals surface area contributed by atoms with Crippen LogP contribution in [0.15, 0.2) is 41.6 Å². The lowest BCUT2D eigenvalue weighted by atomic mass is 10.1. The zero-order valence-electron chi connectivity index (χ0n) is 14.9. The Morgan fingerprint density at radius 2 is 1.89 bits per heavy atom. The normalized spacial score (nSPS) is 12.0. The number of thioether (sulfide) groups is 1. The second kappa shape index (κ2) is 7.83. The van der Waals surface area contributed by atoms with Gasteiger partial charge in [0, 0.05) is 6.07 Å². The van der Waals surface area contributed by atoms with E-state index < -0.39 is 22.8 Å². The third kappa shape index (κ3) is 4.13. The molecule has 0 bridgehead atoms. The number of rotatable bonds is 5. The fourth-order valence-corrected chi connectivity index (χ4v) is 3.36. The SMILES string of the molecule is Cc1cccc(C)c1-n1nnnc1SC(C)C(=O)Nc1ccc(F)cc1F. The molecule has 0 radical (unpaired) electrons. The Kier molecular flexibility index (Phi) is 5.50. The molecule has 1 unspecified atom stereocenters. The van der Waals surface area contributed by atoms with Crippen molar-refractivity contribution in [3.8, 4) is 5.69 Å². The second-order valence-electron chi connectivity index (χ2n) is 5.99. The molecule has 1 heterocycles. The maximum Gasteiger partial charge on any atom is 0.237 e. The van der Waals surface area contributed by atoms with E-state index >= 15 is 0 Å². The van der Waals surface area contributed by atoms with E-state index in [1.165, 1.54) is 6.07 Å². The highest BCUT2D eigenvalue weighted by atomic mass is 32.2. The fourth-order valence-electron chi connectivity index (χ4n) is 2.57. The molecule has 2 aromatic carbocycles. The Hall–Kier alpha value is -2.81. The molecule has 1 amide bonds. The number of amides is 1. The van der Waals surface area contributed by atoms with Crippen LogP contribution < -0.4 is 5.32 Å². The van der Waals surface area contributed by atoms with Crippen LogP contribution >= 0.6 is 11.8 Å². The van der Waals surface area contributed by atoms with E-state index in [2.05, 4.69) is 20.8 Å². The van der Waals surface area contributed by atoms with Crippen LogP contribution in [0.2, 0.25) is 0 Å². The molecule has 3 aromatic rings. The molecule has 3 rings (SSSR count). The van der Waals surface area contributed by atoms with E-state index in [4.69, 9.17) is 0 Å². The quantitative estimate of drug-likeness (QED) is 0.674. The highest BCUT2D eigenvalue weighted by molar-refractivity contribution is 8.00. The number of aromatic nitrogens is 4. The minimum absolute atomic E-state index is 0.0804. The molecule has 0 aliphatic heterocycles. The summed E-state index contributed by atoms with van der Waals surface area (Å²) in [6.45, 7) is 5.56. The maximum absolute atomic E-state index is 13.7. The second-order valence-corrected chi connectivity index (χ2v) is 7.30. The Balaban J connectivity index is 1.78. The summed E-state index contributed by atoms with van der Waals surface area (Å²) in [5.74, 6) is -1.98. The van der Waals surface area contributed by atoms with Crippen LogP contribution in [0.25, 0.3) is 5.69 Å². The molecule has 0 aliphatic rings. The van der Waals surface area contributed by atoms with Crippen LogP contribution in [-0.4, -0.2) is 31.4 Å². The summed E-state index contributed by atoms with van der Waals surface area (Å²) in [5.41, 5.74) is 2.76. The van der Waals surface area contributed by atoms with Crippen LogP contribution in [0.1, 0.15) is 18.1 Å². The summed E-state index contributed by atoms with van der Waals surface area (Å²) in [7, 11) is 0. The highest BCUT2D eigenvalue weighted by Crippen LogP contribution is 2.27. The van der Waals surface area contributed by atoms with Crippen LogP contribution in [0.5, 0.6) is 0 Å². The largest absolute Gasteiger partial charge is 0.323 e. The predicted octanol–water partition coefficient (Wildman–Crippen LogP) is 3.68. The molecule has 0 saturated carbocycles. The predicted molar refractivity (Wildman–Crippen MR) is 98.9 cm³/mol. The molecule has 1 aromatic heterocycles. The van der Waals surface area contributed by atoms with Gasteiger partial charge in [0.2, 0.25) is 11.1 Å². The molecule has 0 aliphatic carbocycles. The number of tetrazole rings is 1. The van der Waals surface area contributed by atoms with Gasteiger partial charge in [0.1, 0.15) is 11.6 Å². The van der Waals surface area contributed by atoms with E-state index in [1.807, 2.05) is 32.0 Å². The lowest BCUT2D eigenvalue weighted by molar-refractivity contribution is -0.115. The molecule has 0 saturated heterocycles. The molecule has 6 nitrogen and oxygen atoms in total. The van der Waals surface area contributed by atoms with Crippen molar-refractivity contribution in [3.63, 3.8) is 0 Å². The number of nitrogens with zero attached hydrogens (tertiary/aromatic N) is 4. The van der Waals surface area contributed by atoms with Crippen LogP contribution in [0.3, 0.4) is 0 Å². The molecule has 0 fully saturated rings. The van der Waals surface area contributed by atoms with Crippen LogP contribution in [0.4, 0.5) is 14.5 Å². The first-order valence-electron chi connectivity index (χ1n) is 8.14. The topological polar surface area (TPSA) is 72.7 Å². The lowest BCUT2D eigenvalue weighted by Gasteiger charge is -2.14. The number of carbonyl (C=O) groups is 1. The number of hydrogen-bond acceptors (Lipinski definition) is 5. The molecule has 1 atom stereocenters. The van der Waals surface area contributed by atoms with Gasteiger partial charge in [0.05, 0.1) is 16.6 Å². The lowest BCUT2D eigenvalue weighted by Crippen LogP contribution is -2.23. The van der Waals surface area contributed by atoms with E-state index in [9.17, 15) is 13.6 Å². The zero-order chi connectivity index (χ0) is 19.6. The first-order valence-corrected chi connectivity index (χ1v) is 9.02. The summed E-state index contributed by atoms with van der Waals surface area (Å²) in [6.07, 6.45) is 0. The number of anilines is 1. The highest BCUT2D eigenvalue weighted by Gasteiger charge is 2.21.